The second kappa shape index (κ2) is 8.43. The number of piperidine rings is 1. The SMILES string of the molecule is FC(F)(F)CN1CC2(NS1)C1CCC2Cc2cc(-c3ncc(N4CCCCC4)s3)ccc2C1. The summed E-state index contributed by atoms with van der Waals surface area (Å²) < 4.78 is 44.0. The number of hydrogen-bond acceptors (Lipinski definition) is 6. The maximum Gasteiger partial charge on any atom is 0.402 e. The number of halogens is 3. The molecule has 1 spiro atoms. The van der Waals surface area contributed by atoms with Crippen LogP contribution in [0.2, 0.25) is 0 Å². The molecule has 3 atom stereocenters. The highest BCUT2D eigenvalue weighted by atomic mass is 32.2. The molecule has 1 aromatic heterocycles. The molecular formula is C24H29F3N4S2. The predicted octanol–water partition coefficient (Wildman–Crippen LogP) is 5.69. The van der Waals surface area contributed by atoms with Gasteiger partial charge in [-0.3, -0.25) is 0 Å². The number of alkyl halides is 3. The Bertz CT molecular complexity index is 1020. The van der Waals surface area contributed by atoms with E-state index in [1.165, 1.54) is 57.4 Å². The molecule has 1 aromatic carbocycles. The van der Waals surface area contributed by atoms with Gasteiger partial charge in [0.2, 0.25) is 0 Å². The monoisotopic (exact) mass is 494 g/mol. The Morgan fingerprint density at radius 1 is 1.06 bits per heavy atom. The quantitative estimate of drug-likeness (QED) is 0.554. The third kappa shape index (κ3) is 4.19. The van der Waals surface area contributed by atoms with Crippen molar-refractivity contribution < 1.29 is 13.2 Å². The Morgan fingerprint density at radius 3 is 2.58 bits per heavy atom. The van der Waals surface area contributed by atoms with E-state index in [-0.39, 0.29) is 5.54 Å². The van der Waals surface area contributed by atoms with Crippen LogP contribution in [0.4, 0.5) is 18.2 Å². The van der Waals surface area contributed by atoms with Crippen LogP contribution in [0.5, 0.6) is 0 Å². The maximum absolute atomic E-state index is 13.0. The lowest BCUT2D eigenvalue weighted by atomic mass is 9.79. The lowest BCUT2D eigenvalue weighted by Crippen LogP contribution is -2.51. The fourth-order valence-corrected chi connectivity index (χ4v) is 8.53. The highest BCUT2D eigenvalue weighted by Gasteiger charge is 2.56. The van der Waals surface area contributed by atoms with Gasteiger partial charge in [0.15, 0.2) is 0 Å². The van der Waals surface area contributed by atoms with Gasteiger partial charge in [-0.1, -0.05) is 23.5 Å². The molecule has 0 radical (unpaired) electrons. The van der Waals surface area contributed by atoms with E-state index < -0.39 is 12.7 Å². The van der Waals surface area contributed by atoms with Gasteiger partial charge in [0.25, 0.3) is 0 Å². The average molecular weight is 495 g/mol. The maximum atomic E-state index is 13.0. The fraction of sp³-hybridized carbons (Fsp3) is 0.625. The first-order chi connectivity index (χ1) is 15.9. The minimum absolute atomic E-state index is 0.224. The summed E-state index contributed by atoms with van der Waals surface area (Å²) in [6, 6.07) is 6.74. The molecule has 3 fully saturated rings. The third-order valence-corrected chi connectivity index (χ3v) is 10.1. The van der Waals surface area contributed by atoms with Crippen molar-refractivity contribution >= 4 is 28.5 Å². The first kappa shape index (κ1) is 22.2. The molecule has 4 nitrogen and oxygen atoms in total. The Hall–Kier alpha value is -1.29. The highest BCUT2D eigenvalue weighted by molar-refractivity contribution is 7.95. The Labute approximate surface area is 201 Å². The summed E-state index contributed by atoms with van der Waals surface area (Å²) in [6.07, 6.45) is 5.71. The van der Waals surface area contributed by atoms with Gasteiger partial charge in [-0.15, -0.1) is 0 Å². The zero-order chi connectivity index (χ0) is 22.6. The standard InChI is InChI=1S/C24H29F3N4S2/c25-24(26,27)15-31-14-23(29-33-31)19-6-7-20(23)12-18-10-17(5-4-16(18)11-19)22-28-13-21(32-22)30-8-2-1-3-9-30/h4-5,10,13,19-20,29H,1-3,6-9,11-12,14-15H2. The molecule has 2 aliphatic heterocycles. The van der Waals surface area contributed by atoms with Crippen molar-refractivity contribution in [2.75, 3.05) is 31.1 Å². The van der Waals surface area contributed by atoms with Crippen LogP contribution in [0.25, 0.3) is 10.6 Å². The highest BCUT2D eigenvalue weighted by Crippen LogP contribution is 2.52. The third-order valence-electron chi connectivity index (χ3n) is 8.03. The van der Waals surface area contributed by atoms with Crippen molar-refractivity contribution in [3.8, 4) is 10.6 Å². The zero-order valence-corrected chi connectivity index (χ0v) is 20.2. The molecule has 3 heterocycles. The van der Waals surface area contributed by atoms with Crippen LogP contribution < -0.4 is 9.62 Å². The van der Waals surface area contributed by atoms with Gasteiger partial charge < -0.3 is 4.90 Å². The van der Waals surface area contributed by atoms with Crippen LogP contribution in [0, 0.1) is 11.8 Å². The van der Waals surface area contributed by atoms with Crippen LogP contribution >= 0.6 is 23.5 Å². The molecular weight excluding hydrogens is 465 g/mol. The molecule has 0 amide bonds. The molecule has 1 N–H and O–H groups in total. The first-order valence-electron chi connectivity index (χ1n) is 12.0. The minimum Gasteiger partial charge on any atom is -0.362 e. The summed E-state index contributed by atoms with van der Waals surface area (Å²) in [6.45, 7) is 1.85. The van der Waals surface area contributed by atoms with E-state index in [4.69, 9.17) is 4.98 Å². The van der Waals surface area contributed by atoms with E-state index in [0.717, 1.165) is 43.8 Å². The molecule has 6 rings (SSSR count). The molecule has 9 heteroatoms. The second-order valence-electron chi connectivity index (χ2n) is 10.1. The largest absolute Gasteiger partial charge is 0.402 e. The molecule has 4 aliphatic rings. The summed E-state index contributed by atoms with van der Waals surface area (Å²) in [5, 5.41) is 2.32. The van der Waals surface area contributed by atoms with Crippen LogP contribution in [-0.2, 0) is 12.8 Å². The number of nitrogens with zero attached hydrogens (tertiary/aromatic N) is 3. The average Bonchev–Trinajstić information content (AvgIpc) is 3.47. The van der Waals surface area contributed by atoms with E-state index in [1.54, 1.807) is 11.3 Å². The topological polar surface area (TPSA) is 31.4 Å². The van der Waals surface area contributed by atoms with E-state index in [0.29, 0.717) is 18.4 Å². The van der Waals surface area contributed by atoms with Gasteiger partial charge in [0, 0.05) is 42.9 Å². The lowest BCUT2D eigenvalue weighted by Gasteiger charge is -2.34. The molecule has 2 saturated heterocycles. The molecule has 178 valence electrons. The lowest BCUT2D eigenvalue weighted by molar-refractivity contribution is -0.135. The van der Waals surface area contributed by atoms with Crippen LogP contribution in [-0.4, -0.2) is 47.2 Å². The molecule has 1 saturated carbocycles. The van der Waals surface area contributed by atoms with Gasteiger partial charge in [0.05, 0.1) is 6.20 Å². The summed E-state index contributed by atoms with van der Waals surface area (Å²) >= 11 is 2.95. The number of hydrogen-bond donors (Lipinski definition) is 1. The Balaban J connectivity index is 1.23. The number of nitrogens with one attached hydrogen (secondary N) is 1. The second-order valence-corrected chi connectivity index (χ2v) is 12.0. The summed E-state index contributed by atoms with van der Waals surface area (Å²) in [5.41, 5.74) is 3.66. The fourth-order valence-electron chi connectivity index (χ4n) is 6.38. The Morgan fingerprint density at radius 2 is 1.82 bits per heavy atom. The van der Waals surface area contributed by atoms with Gasteiger partial charge in [-0.05, 0) is 74.0 Å². The molecule has 3 unspecified atom stereocenters. The van der Waals surface area contributed by atoms with Gasteiger partial charge >= 0.3 is 6.18 Å². The van der Waals surface area contributed by atoms with Gasteiger partial charge in [0.1, 0.15) is 16.6 Å². The van der Waals surface area contributed by atoms with Gasteiger partial charge in [-0.2, -0.15) is 13.2 Å². The number of aromatic nitrogens is 1. The van der Waals surface area contributed by atoms with Crippen molar-refractivity contribution in [3.63, 3.8) is 0 Å². The normalized spacial score (nSPS) is 30.1. The van der Waals surface area contributed by atoms with Crippen molar-refractivity contribution in [3.05, 3.63) is 35.5 Å². The van der Waals surface area contributed by atoms with Crippen LogP contribution in [0.1, 0.15) is 43.2 Å². The van der Waals surface area contributed by atoms with Crippen molar-refractivity contribution in [1.29, 1.82) is 0 Å². The van der Waals surface area contributed by atoms with Crippen LogP contribution in [0.3, 0.4) is 0 Å². The summed E-state index contributed by atoms with van der Waals surface area (Å²) in [4.78, 5) is 7.20. The molecule has 33 heavy (non-hydrogen) atoms. The molecule has 2 bridgehead atoms. The van der Waals surface area contributed by atoms with E-state index in [9.17, 15) is 13.2 Å². The summed E-state index contributed by atoms with van der Waals surface area (Å²) in [7, 11) is 0. The van der Waals surface area contributed by atoms with Crippen LogP contribution in [0.15, 0.2) is 24.4 Å². The van der Waals surface area contributed by atoms with Crippen molar-refractivity contribution in [2.45, 2.75) is 56.7 Å². The predicted molar refractivity (Wildman–Crippen MR) is 128 cm³/mol. The van der Waals surface area contributed by atoms with Crippen molar-refractivity contribution in [1.82, 2.24) is 14.0 Å². The van der Waals surface area contributed by atoms with Crippen molar-refractivity contribution in [2.24, 2.45) is 11.8 Å². The first-order valence-corrected chi connectivity index (χ1v) is 13.6. The summed E-state index contributed by atoms with van der Waals surface area (Å²) in [5.74, 6) is 0.746. The number of fused-ring (bicyclic) bond motifs is 1. The number of rotatable bonds is 3. The molecule has 2 aromatic rings. The number of benzene rings is 1. The minimum atomic E-state index is -4.16. The number of anilines is 1. The van der Waals surface area contributed by atoms with E-state index in [2.05, 4.69) is 27.8 Å². The Kier molecular flexibility index (Phi) is 5.67. The number of thiazole rings is 1. The molecule has 2 aliphatic carbocycles. The smallest absolute Gasteiger partial charge is 0.362 e. The zero-order valence-electron chi connectivity index (χ0n) is 18.5. The van der Waals surface area contributed by atoms with E-state index in [1.807, 2.05) is 6.20 Å². The van der Waals surface area contributed by atoms with E-state index >= 15 is 0 Å². The van der Waals surface area contributed by atoms with Gasteiger partial charge in [-0.25, -0.2) is 14.0 Å².